The number of nitro groups is 1. The van der Waals surface area contributed by atoms with Gasteiger partial charge in [0, 0.05) is 18.1 Å². The Morgan fingerprint density at radius 2 is 2.04 bits per heavy atom. The van der Waals surface area contributed by atoms with Crippen molar-refractivity contribution in [3.63, 3.8) is 0 Å². The standard InChI is InChI=1S/C17H21N3O6/c1-3-25-16(21)18-19(17(22)26-4-2)15-10-6-9-14(15)12-7-5-8-13(11-12)20(23)24/h5-9,11,14-15H,3-4,10H2,1-2H3,(H,18,21)/t14?,15-/m0/s1. The van der Waals surface area contributed by atoms with Gasteiger partial charge in [0.2, 0.25) is 0 Å². The number of carbonyl (C=O) groups excluding carboxylic acids is 2. The summed E-state index contributed by atoms with van der Waals surface area (Å²) in [5, 5.41) is 12.1. The molecule has 1 N–H and O–H groups in total. The van der Waals surface area contributed by atoms with Crippen LogP contribution in [-0.2, 0) is 9.47 Å². The number of nitrogens with one attached hydrogen (secondary N) is 1. The van der Waals surface area contributed by atoms with Crippen LogP contribution in [0.3, 0.4) is 0 Å². The molecular weight excluding hydrogens is 342 g/mol. The summed E-state index contributed by atoms with van der Waals surface area (Å²) >= 11 is 0. The molecule has 0 heterocycles. The highest BCUT2D eigenvalue weighted by molar-refractivity contribution is 5.74. The van der Waals surface area contributed by atoms with Crippen LogP contribution in [0.15, 0.2) is 36.4 Å². The monoisotopic (exact) mass is 363 g/mol. The first-order chi connectivity index (χ1) is 12.5. The number of amides is 2. The fraction of sp³-hybridized carbons (Fsp3) is 0.412. The predicted octanol–water partition coefficient (Wildman–Crippen LogP) is 3.13. The van der Waals surface area contributed by atoms with E-state index in [1.54, 1.807) is 26.0 Å². The first-order valence-corrected chi connectivity index (χ1v) is 8.28. The topological polar surface area (TPSA) is 111 Å². The van der Waals surface area contributed by atoms with Gasteiger partial charge in [0.25, 0.3) is 5.69 Å². The lowest BCUT2D eigenvalue weighted by Gasteiger charge is -2.31. The number of non-ortho nitro benzene ring substituents is 1. The Bertz CT molecular complexity index is 705. The Balaban J connectivity index is 2.28. The highest BCUT2D eigenvalue weighted by Crippen LogP contribution is 2.33. The number of nitrogens with zero attached hydrogens (tertiary/aromatic N) is 2. The van der Waals surface area contributed by atoms with Crippen LogP contribution in [0.1, 0.15) is 31.7 Å². The zero-order valence-electron chi connectivity index (χ0n) is 14.6. The average molecular weight is 363 g/mol. The van der Waals surface area contributed by atoms with Crippen molar-refractivity contribution in [1.29, 1.82) is 0 Å². The van der Waals surface area contributed by atoms with Crippen molar-refractivity contribution < 1.29 is 24.0 Å². The van der Waals surface area contributed by atoms with Gasteiger partial charge in [-0.05, 0) is 25.8 Å². The molecule has 9 nitrogen and oxygen atoms in total. The Morgan fingerprint density at radius 1 is 1.31 bits per heavy atom. The number of hydrazine groups is 1. The summed E-state index contributed by atoms with van der Waals surface area (Å²) in [6.07, 6.45) is 2.67. The largest absolute Gasteiger partial charge is 0.449 e. The van der Waals surface area contributed by atoms with E-state index in [1.165, 1.54) is 12.1 Å². The number of nitro benzene ring substituents is 1. The number of ether oxygens (including phenoxy) is 2. The lowest BCUT2D eigenvalue weighted by molar-refractivity contribution is -0.384. The summed E-state index contributed by atoms with van der Waals surface area (Å²) in [7, 11) is 0. The molecule has 0 aliphatic heterocycles. The van der Waals surface area contributed by atoms with Gasteiger partial charge in [-0.1, -0.05) is 24.3 Å². The van der Waals surface area contributed by atoms with Crippen LogP contribution in [-0.4, -0.2) is 41.4 Å². The molecule has 0 radical (unpaired) electrons. The molecule has 2 amide bonds. The van der Waals surface area contributed by atoms with E-state index in [0.717, 1.165) is 5.01 Å². The van der Waals surface area contributed by atoms with Crippen LogP contribution >= 0.6 is 0 Å². The first kappa shape index (κ1) is 19.2. The predicted molar refractivity (Wildman–Crippen MR) is 92.4 cm³/mol. The summed E-state index contributed by atoms with van der Waals surface area (Å²) in [6, 6.07) is 5.71. The van der Waals surface area contributed by atoms with E-state index in [4.69, 9.17) is 9.47 Å². The molecule has 9 heteroatoms. The van der Waals surface area contributed by atoms with Gasteiger partial charge in [0.15, 0.2) is 0 Å². The molecular formula is C17H21N3O6. The minimum absolute atomic E-state index is 0.0393. The van der Waals surface area contributed by atoms with E-state index in [1.807, 2.05) is 12.2 Å². The maximum atomic E-state index is 12.3. The summed E-state index contributed by atoms with van der Waals surface area (Å²) in [5.74, 6) is -0.332. The molecule has 0 aromatic heterocycles. The quantitative estimate of drug-likeness (QED) is 0.489. The third-order valence-corrected chi connectivity index (χ3v) is 3.88. The second-order valence-corrected chi connectivity index (χ2v) is 5.51. The van der Waals surface area contributed by atoms with Crippen molar-refractivity contribution in [2.45, 2.75) is 32.2 Å². The van der Waals surface area contributed by atoms with Gasteiger partial charge in [-0.3, -0.25) is 10.1 Å². The van der Waals surface area contributed by atoms with Gasteiger partial charge in [0.1, 0.15) is 0 Å². The van der Waals surface area contributed by atoms with E-state index < -0.39 is 23.2 Å². The molecule has 0 spiro atoms. The second-order valence-electron chi connectivity index (χ2n) is 5.51. The van der Waals surface area contributed by atoms with E-state index in [9.17, 15) is 19.7 Å². The van der Waals surface area contributed by atoms with Crippen molar-refractivity contribution in [2.75, 3.05) is 13.2 Å². The van der Waals surface area contributed by atoms with Crippen LogP contribution in [0.4, 0.5) is 15.3 Å². The zero-order chi connectivity index (χ0) is 19.1. The van der Waals surface area contributed by atoms with Gasteiger partial charge in [-0.2, -0.15) is 0 Å². The minimum Gasteiger partial charge on any atom is -0.449 e. The van der Waals surface area contributed by atoms with Crippen molar-refractivity contribution >= 4 is 17.9 Å². The van der Waals surface area contributed by atoms with Crippen LogP contribution < -0.4 is 5.43 Å². The number of benzene rings is 1. The Labute approximate surface area is 150 Å². The molecule has 0 saturated carbocycles. The van der Waals surface area contributed by atoms with Crippen LogP contribution in [0.25, 0.3) is 0 Å². The smallest absolute Gasteiger partial charge is 0.429 e. The number of rotatable bonds is 5. The molecule has 140 valence electrons. The van der Waals surface area contributed by atoms with Gasteiger partial charge >= 0.3 is 12.2 Å². The van der Waals surface area contributed by atoms with E-state index in [-0.39, 0.29) is 24.8 Å². The first-order valence-electron chi connectivity index (χ1n) is 8.28. The molecule has 1 aromatic rings. The summed E-state index contributed by atoms with van der Waals surface area (Å²) < 4.78 is 9.86. The Kier molecular flexibility index (Phi) is 6.54. The average Bonchev–Trinajstić information content (AvgIpc) is 3.09. The number of hydrogen-bond donors (Lipinski definition) is 1. The van der Waals surface area contributed by atoms with Crippen molar-refractivity contribution in [1.82, 2.24) is 10.4 Å². The lowest BCUT2D eigenvalue weighted by atomic mass is 9.94. The maximum absolute atomic E-state index is 12.3. The molecule has 0 saturated heterocycles. The third kappa shape index (κ3) is 4.50. The van der Waals surface area contributed by atoms with E-state index >= 15 is 0 Å². The molecule has 0 fully saturated rings. The van der Waals surface area contributed by atoms with Crippen molar-refractivity contribution in [3.8, 4) is 0 Å². The number of hydrogen-bond acceptors (Lipinski definition) is 6. The van der Waals surface area contributed by atoms with Crippen LogP contribution in [0, 0.1) is 10.1 Å². The van der Waals surface area contributed by atoms with Crippen LogP contribution in [0.2, 0.25) is 0 Å². The third-order valence-electron chi connectivity index (χ3n) is 3.88. The number of carbonyl (C=O) groups is 2. The zero-order valence-corrected chi connectivity index (χ0v) is 14.6. The maximum Gasteiger partial charge on any atom is 0.429 e. The van der Waals surface area contributed by atoms with E-state index in [0.29, 0.717) is 12.0 Å². The van der Waals surface area contributed by atoms with Gasteiger partial charge in [-0.25, -0.2) is 20.0 Å². The van der Waals surface area contributed by atoms with Crippen molar-refractivity contribution in [3.05, 3.63) is 52.1 Å². The fourth-order valence-electron chi connectivity index (χ4n) is 2.80. The Morgan fingerprint density at radius 3 is 2.69 bits per heavy atom. The highest BCUT2D eigenvalue weighted by atomic mass is 16.6. The molecule has 1 unspecified atom stereocenters. The fourth-order valence-corrected chi connectivity index (χ4v) is 2.80. The summed E-state index contributed by atoms with van der Waals surface area (Å²) in [6.45, 7) is 3.60. The molecule has 2 atom stereocenters. The summed E-state index contributed by atoms with van der Waals surface area (Å²) in [4.78, 5) is 34.7. The lowest BCUT2D eigenvalue weighted by Crippen LogP contribution is -2.53. The highest BCUT2D eigenvalue weighted by Gasteiger charge is 2.35. The van der Waals surface area contributed by atoms with E-state index in [2.05, 4.69) is 5.43 Å². The van der Waals surface area contributed by atoms with Crippen molar-refractivity contribution in [2.24, 2.45) is 0 Å². The summed E-state index contributed by atoms with van der Waals surface area (Å²) in [5.41, 5.74) is 3.03. The van der Waals surface area contributed by atoms with Crippen LogP contribution in [0.5, 0.6) is 0 Å². The molecule has 2 rings (SSSR count). The van der Waals surface area contributed by atoms with Gasteiger partial charge in [0.05, 0.1) is 24.2 Å². The SMILES string of the molecule is CCOC(=O)NN(C(=O)OCC)[C@H]1CC=CC1c1cccc([N+](=O)[O-])c1. The van der Waals surface area contributed by atoms with Gasteiger partial charge in [-0.15, -0.1) is 0 Å². The Hall–Kier alpha value is -3.10. The molecule has 1 aliphatic rings. The second kappa shape index (κ2) is 8.84. The molecule has 0 bridgehead atoms. The van der Waals surface area contributed by atoms with Gasteiger partial charge < -0.3 is 9.47 Å². The minimum atomic E-state index is -0.773. The molecule has 1 aromatic carbocycles. The molecule has 26 heavy (non-hydrogen) atoms. The normalized spacial score (nSPS) is 18.2. The molecule has 1 aliphatic carbocycles.